The third kappa shape index (κ3) is 5.51. The first kappa shape index (κ1) is 26.9. The van der Waals surface area contributed by atoms with E-state index in [0.717, 1.165) is 39.9 Å². The Labute approximate surface area is 242 Å². The Hall–Kier alpha value is -4.34. The van der Waals surface area contributed by atoms with Crippen molar-refractivity contribution in [2.45, 2.75) is 18.7 Å². The van der Waals surface area contributed by atoms with E-state index in [1.807, 2.05) is 43.3 Å². The van der Waals surface area contributed by atoms with E-state index in [2.05, 4.69) is 16.2 Å². The van der Waals surface area contributed by atoms with Gasteiger partial charge in [-0.25, -0.2) is 4.68 Å². The molecular formula is C31H30ClN5O4. The number of ketones is 1. The zero-order chi connectivity index (χ0) is 28.5. The van der Waals surface area contributed by atoms with Crippen LogP contribution in [0.2, 0.25) is 0 Å². The Kier molecular flexibility index (Phi) is 7.38. The van der Waals surface area contributed by atoms with Crippen LogP contribution < -0.4 is 10.5 Å². The van der Waals surface area contributed by atoms with Gasteiger partial charge in [0.05, 0.1) is 41.7 Å². The molecule has 4 aromatic rings. The lowest BCUT2D eigenvalue weighted by Crippen LogP contribution is -2.40. The van der Waals surface area contributed by atoms with E-state index in [9.17, 15) is 9.59 Å². The van der Waals surface area contributed by atoms with E-state index in [4.69, 9.17) is 26.8 Å². The average molecular weight is 572 g/mol. The molecular weight excluding hydrogens is 542 g/mol. The van der Waals surface area contributed by atoms with Crippen LogP contribution in [0.15, 0.2) is 72.5 Å². The number of nitrogen functional groups attached to an aromatic ring is 1. The van der Waals surface area contributed by atoms with Crippen molar-refractivity contribution < 1.29 is 19.1 Å². The molecule has 1 fully saturated rings. The monoisotopic (exact) mass is 571 g/mol. The van der Waals surface area contributed by atoms with Gasteiger partial charge >= 0.3 is 0 Å². The van der Waals surface area contributed by atoms with Crippen LogP contribution in [-0.2, 0) is 4.74 Å². The van der Waals surface area contributed by atoms with E-state index in [-0.39, 0.29) is 28.4 Å². The molecule has 3 N–H and O–H groups in total. The predicted octanol–water partition coefficient (Wildman–Crippen LogP) is 4.82. The standard InChI is InChI=1S/C31H30ClN5O4/c1-19-14-24(41-18-20-2-5-23(32)6-3-20)7-9-28(19)37-30(33)25(17-34-37)29(38)27-16-22-15-21(4-8-26(22)35-27)31(39)36-10-12-40-13-11-36/h2-5,7-9,14-17,23,35H,6,10-13,18,33H2,1H3. The molecule has 9 nitrogen and oxygen atoms in total. The number of fused-ring (bicyclic) bond motifs is 1. The maximum atomic E-state index is 13.4. The van der Waals surface area contributed by atoms with Gasteiger partial charge in [-0.2, -0.15) is 5.10 Å². The van der Waals surface area contributed by atoms with Crippen LogP contribution >= 0.6 is 11.6 Å². The first-order chi connectivity index (χ1) is 19.9. The van der Waals surface area contributed by atoms with Crippen molar-refractivity contribution >= 4 is 40.0 Å². The Morgan fingerprint density at radius 3 is 2.76 bits per heavy atom. The minimum Gasteiger partial charge on any atom is -0.489 e. The van der Waals surface area contributed by atoms with Gasteiger partial charge in [0.1, 0.15) is 18.2 Å². The lowest BCUT2D eigenvalue weighted by molar-refractivity contribution is 0.0303. The number of nitrogens with two attached hydrogens (primary N) is 1. The molecule has 210 valence electrons. The summed E-state index contributed by atoms with van der Waals surface area (Å²) in [6.07, 6.45) is 8.31. The molecule has 0 bridgehead atoms. The second-order valence-electron chi connectivity index (χ2n) is 10.2. The van der Waals surface area contributed by atoms with Crippen LogP contribution in [-0.4, -0.2) is 69.6 Å². The highest BCUT2D eigenvalue weighted by molar-refractivity contribution is 6.22. The maximum absolute atomic E-state index is 13.4. The summed E-state index contributed by atoms with van der Waals surface area (Å²) in [6.45, 7) is 4.60. The van der Waals surface area contributed by atoms with Gasteiger partial charge < -0.3 is 25.1 Å². The molecule has 1 amide bonds. The summed E-state index contributed by atoms with van der Waals surface area (Å²) in [6, 6.07) is 12.8. The number of morpholine rings is 1. The van der Waals surface area contributed by atoms with Crippen molar-refractivity contribution in [2.24, 2.45) is 0 Å². The lowest BCUT2D eigenvalue weighted by atomic mass is 10.1. The third-order valence-electron chi connectivity index (χ3n) is 7.39. The summed E-state index contributed by atoms with van der Waals surface area (Å²) < 4.78 is 12.9. The Bertz CT molecular complexity index is 1700. The number of halogens is 1. The molecule has 3 heterocycles. The Balaban J connectivity index is 1.18. The summed E-state index contributed by atoms with van der Waals surface area (Å²) in [4.78, 5) is 31.3. The van der Waals surface area contributed by atoms with Gasteiger partial charge in [-0.1, -0.05) is 18.2 Å². The SMILES string of the molecule is Cc1cc(OCC2=CCC(Cl)C=C2)ccc1-n1ncc(C(=O)c2cc3cc(C(=O)N4CCOCC4)ccc3[nH]2)c1N. The van der Waals surface area contributed by atoms with Crippen LogP contribution in [0.5, 0.6) is 5.75 Å². The number of carbonyl (C=O) groups is 2. The second-order valence-corrected chi connectivity index (χ2v) is 10.8. The van der Waals surface area contributed by atoms with Crippen LogP contribution in [0, 0.1) is 6.92 Å². The van der Waals surface area contributed by atoms with E-state index < -0.39 is 0 Å². The van der Waals surface area contributed by atoms with E-state index >= 15 is 0 Å². The highest BCUT2D eigenvalue weighted by Gasteiger charge is 2.22. The number of aryl methyl sites for hydroxylation is 1. The molecule has 0 radical (unpaired) electrons. The second kappa shape index (κ2) is 11.3. The first-order valence-corrected chi connectivity index (χ1v) is 13.9. The van der Waals surface area contributed by atoms with Gasteiger partial charge in [-0.3, -0.25) is 9.59 Å². The third-order valence-corrected chi connectivity index (χ3v) is 7.71. The van der Waals surface area contributed by atoms with Gasteiger partial charge in [0.15, 0.2) is 0 Å². The normalized spacial score (nSPS) is 17.1. The fourth-order valence-corrected chi connectivity index (χ4v) is 5.24. The largest absolute Gasteiger partial charge is 0.489 e. The van der Waals surface area contributed by atoms with Crippen LogP contribution in [0.4, 0.5) is 5.82 Å². The van der Waals surface area contributed by atoms with Gasteiger partial charge in [0.2, 0.25) is 5.78 Å². The number of amides is 1. The number of hydrogen-bond donors (Lipinski definition) is 2. The minimum absolute atomic E-state index is 0.0386. The summed E-state index contributed by atoms with van der Waals surface area (Å²) in [5.74, 6) is 0.632. The molecule has 1 aliphatic heterocycles. The highest BCUT2D eigenvalue weighted by atomic mass is 35.5. The maximum Gasteiger partial charge on any atom is 0.254 e. The molecule has 2 aliphatic rings. The highest BCUT2D eigenvalue weighted by Crippen LogP contribution is 2.27. The zero-order valence-electron chi connectivity index (χ0n) is 22.6. The van der Waals surface area contributed by atoms with Crippen molar-refractivity contribution in [3.8, 4) is 11.4 Å². The van der Waals surface area contributed by atoms with E-state index in [1.165, 1.54) is 6.20 Å². The van der Waals surface area contributed by atoms with Gasteiger partial charge in [0, 0.05) is 29.6 Å². The van der Waals surface area contributed by atoms with Gasteiger partial charge in [-0.15, -0.1) is 11.6 Å². The molecule has 2 aromatic carbocycles. The van der Waals surface area contributed by atoms with Crippen molar-refractivity contribution in [3.05, 3.63) is 94.8 Å². The zero-order valence-corrected chi connectivity index (χ0v) is 23.4. The molecule has 41 heavy (non-hydrogen) atoms. The Morgan fingerprint density at radius 1 is 1.17 bits per heavy atom. The fourth-order valence-electron chi connectivity index (χ4n) is 5.07. The van der Waals surface area contributed by atoms with Crippen LogP contribution in [0.1, 0.15) is 38.4 Å². The molecule has 10 heteroatoms. The summed E-state index contributed by atoms with van der Waals surface area (Å²) in [5, 5.41) is 5.23. The molecule has 0 saturated carbocycles. The number of aromatic nitrogens is 3. The molecule has 1 unspecified atom stereocenters. The molecule has 2 aromatic heterocycles. The molecule has 1 atom stereocenters. The fraction of sp³-hybridized carbons (Fsp3) is 0.258. The average Bonchev–Trinajstić information content (AvgIpc) is 3.60. The van der Waals surface area contributed by atoms with Crippen molar-refractivity contribution in [3.63, 3.8) is 0 Å². The number of carbonyl (C=O) groups excluding carboxylic acids is 2. The van der Waals surface area contributed by atoms with Crippen molar-refractivity contribution in [1.82, 2.24) is 19.7 Å². The number of rotatable bonds is 7. The number of aromatic amines is 1. The lowest BCUT2D eigenvalue weighted by Gasteiger charge is -2.26. The smallest absolute Gasteiger partial charge is 0.254 e. The van der Waals surface area contributed by atoms with Gasteiger partial charge in [0.25, 0.3) is 5.91 Å². The minimum atomic E-state index is -0.281. The van der Waals surface area contributed by atoms with Gasteiger partial charge in [-0.05, 0) is 66.9 Å². The number of benzene rings is 2. The number of H-pyrrole nitrogens is 1. The first-order valence-electron chi connectivity index (χ1n) is 13.5. The van der Waals surface area contributed by atoms with Crippen molar-refractivity contribution in [1.29, 1.82) is 0 Å². The number of anilines is 1. The topological polar surface area (TPSA) is 115 Å². The molecule has 6 rings (SSSR count). The Morgan fingerprint density at radius 2 is 2.00 bits per heavy atom. The van der Waals surface area contributed by atoms with E-state index in [1.54, 1.807) is 27.8 Å². The molecule has 1 saturated heterocycles. The molecule has 1 aliphatic carbocycles. The van der Waals surface area contributed by atoms with Crippen molar-refractivity contribution in [2.75, 3.05) is 38.6 Å². The van der Waals surface area contributed by atoms with Crippen LogP contribution in [0.25, 0.3) is 16.6 Å². The number of hydrogen-bond acceptors (Lipinski definition) is 6. The summed E-state index contributed by atoms with van der Waals surface area (Å²) in [5.41, 5.74) is 11.2. The number of allylic oxidation sites excluding steroid dienone is 2. The summed E-state index contributed by atoms with van der Waals surface area (Å²) in [7, 11) is 0. The number of ether oxygens (including phenoxy) is 2. The summed E-state index contributed by atoms with van der Waals surface area (Å²) >= 11 is 6.09. The number of alkyl halides is 1. The molecule has 0 spiro atoms. The number of nitrogens with one attached hydrogen (secondary N) is 1. The van der Waals surface area contributed by atoms with E-state index in [0.29, 0.717) is 44.2 Å². The quantitative estimate of drug-likeness (QED) is 0.243. The number of nitrogens with zero attached hydrogens (tertiary/aromatic N) is 3. The predicted molar refractivity (Wildman–Crippen MR) is 158 cm³/mol. The van der Waals surface area contributed by atoms with Crippen LogP contribution in [0.3, 0.4) is 0 Å².